The van der Waals surface area contributed by atoms with E-state index in [0.29, 0.717) is 24.5 Å². The fourth-order valence-corrected chi connectivity index (χ4v) is 3.38. The molecule has 1 atom stereocenters. The van der Waals surface area contributed by atoms with Crippen LogP contribution in [-0.2, 0) is 27.4 Å². The van der Waals surface area contributed by atoms with Gasteiger partial charge in [-0.25, -0.2) is 9.37 Å². The molecule has 2 heterocycles. The molecule has 1 saturated heterocycles. The van der Waals surface area contributed by atoms with E-state index in [-0.39, 0.29) is 30.7 Å². The number of anilines is 1. The van der Waals surface area contributed by atoms with Crippen molar-refractivity contribution in [2.24, 2.45) is 0 Å². The Labute approximate surface area is 166 Å². The topological polar surface area (TPSA) is 85.2 Å². The summed E-state index contributed by atoms with van der Waals surface area (Å²) < 4.78 is 20.2. The van der Waals surface area contributed by atoms with Crippen LogP contribution >= 0.6 is 0 Å². The average Bonchev–Trinajstić information content (AvgIpc) is 3.37. The summed E-state index contributed by atoms with van der Waals surface area (Å²) in [6.45, 7) is 0.806. The summed E-state index contributed by atoms with van der Waals surface area (Å²) in [5.74, 6) is -0.233. The van der Waals surface area contributed by atoms with Gasteiger partial charge in [-0.05, 0) is 49.2 Å². The lowest BCUT2D eigenvalue weighted by Crippen LogP contribution is -2.34. The molecular weight excluding hydrogens is 375 g/mol. The fraction of sp³-hybridized carbons (Fsp3) is 0.286. The van der Waals surface area contributed by atoms with Crippen molar-refractivity contribution in [3.63, 3.8) is 0 Å². The summed E-state index contributed by atoms with van der Waals surface area (Å²) in [4.78, 5) is 29.4. The SMILES string of the molecule is O=C(Cn1c(CNC(=O)C2CCCO2)nc2ccccc21)Nc1ccc(F)cc1. The Bertz CT molecular complexity index is 1030. The van der Waals surface area contributed by atoms with Crippen LogP contribution in [-0.4, -0.2) is 34.1 Å². The standard InChI is InChI=1S/C21H21FN4O3/c22-14-7-9-15(10-8-14)24-20(27)13-26-17-5-2-1-4-16(17)25-19(26)12-23-21(28)18-6-3-11-29-18/h1-2,4-5,7-10,18H,3,6,11-13H2,(H,23,28)(H,24,27). The van der Waals surface area contributed by atoms with Crippen LogP contribution in [0.4, 0.5) is 10.1 Å². The van der Waals surface area contributed by atoms with E-state index in [1.165, 1.54) is 24.3 Å². The number of imidazole rings is 1. The Morgan fingerprint density at radius 1 is 1.17 bits per heavy atom. The van der Waals surface area contributed by atoms with Crippen LogP contribution in [0.5, 0.6) is 0 Å². The summed E-state index contributed by atoms with van der Waals surface area (Å²) in [5.41, 5.74) is 2.04. The second-order valence-electron chi connectivity index (χ2n) is 6.88. The number of hydrogen-bond donors (Lipinski definition) is 2. The number of carbonyl (C=O) groups is 2. The van der Waals surface area contributed by atoms with E-state index in [4.69, 9.17) is 4.74 Å². The van der Waals surface area contributed by atoms with Crippen molar-refractivity contribution < 1.29 is 18.7 Å². The van der Waals surface area contributed by atoms with Gasteiger partial charge in [-0.3, -0.25) is 9.59 Å². The average molecular weight is 396 g/mol. The molecule has 1 aliphatic rings. The molecule has 1 aliphatic heterocycles. The van der Waals surface area contributed by atoms with Gasteiger partial charge in [0, 0.05) is 12.3 Å². The Kier molecular flexibility index (Phi) is 5.53. The first kappa shape index (κ1) is 19.1. The maximum Gasteiger partial charge on any atom is 0.249 e. The number of amides is 2. The highest BCUT2D eigenvalue weighted by Crippen LogP contribution is 2.17. The summed E-state index contributed by atoms with van der Waals surface area (Å²) in [7, 11) is 0. The molecule has 0 spiro atoms. The molecule has 0 aliphatic carbocycles. The number of benzene rings is 2. The van der Waals surface area contributed by atoms with Crippen LogP contribution in [0.15, 0.2) is 48.5 Å². The van der Waals surface area contributed by atoms with E-state index in [2.05, 4.69) is 15.6 Å². The van der Waals surface area contributed by atoms with Crippen LogP contribution in [0.2, 0.25) is 0 Å². The molecule has 4 rings (SSSR count). The first-order chi connectivity index (χ1) is 14.1. The monoisotopic (exact) mass is 396 g/mol. The van der Waals surface area contributed by atoms with Gasteiger partial charge in [-0.2, -0.15) is 0 Å². The zero-order valence-corrected chi connectivity index (χ0v) is 15.7. The number of halogens is 1. The molecule has 2 amide bonds. The predicted molar refractivity (Wildman–Crippen MR) is 106 cm³/mol. The van der Waals surface area contributed by atoms with Crippen molar-refractivity contribution in [3.05, 3.63) is 60.2 Å². The summed E-state index contributed by atoms with van der Waals surface area (Å²) in [6, 6.07) is 13.0. The molecular formula is C21H21FN4O3. The van der Waals surface area contributed by atoms with E-state index in [1.807, 2.05) is 24.3 Å². The zero-order valence-electron chi connectivity index (χ0n) is 15.7. The van der Waals surface area contributed by atoms with Crippen molar-refractivity contribution in [2.75, 3.05) is 11.9 Å². The van der Waals surface area contributed by atoms with Gasteiger partial charge in [0.05, 0.1) is 17.6 Å². The first-order valence-corrected chi connectivity index (χ1v) is 9.49. The smallest absolute Gasteiger partial charge is 0.249 e. The molecule has 7 nitrogen and oxygen atoms in total. The van der Waals surface area contributed by atoms with Gasteiger partial charge < -0.3 is 19.9 Å². The van der Waals surface area contributed by atoms with Gasteiger partial charge >= 0.3 is 0 Å². The van der Waals surface area contributed by atoms with Crippen molar-refractivity contribution in [3.8, 4) is 0 Å². The minimum absolute atomic E-state index is 0.0169. The van der Waals surface area contributed by atoms with Gasteiger partial charge in [0.2, 0.25) is 11.8 Å². The molecule has 1 aromatic heterocycles. The Balaban J connectivity index is 1.50. The van der Waals surface area contributed by atoms with Gasteiger partial charge in [-0.1, -0.05) is 12.1 Å². The van der Waals surface area contributed by atoms with Crippen molar-refractivity contribution in [1.82, 2.24) is 14.9 Å². The molecule has 1 unspecified atom stereocenters. The third-order valence-electron chi connectivity index (χ3n) is 4.81. The molecule has 29 heavy (non-hydrogen) atoms. The Morgan fingerprint density at radius 2 is 1.97 bits per heavy atom. The minimum Gasteiger partial charge on any atom is -0.368 e. The summed E-state index contributed by atoms with van der Waals surface area (Å²) in [5, 5.41) is 5.60. The molecule has 0 bridgehead atoms. The van der Waals surface area contributed by atoms with Crippen LogP contribution < -0.4 is 10.6 Å². The number of fused-ring (bicyclic) bond motifs is 1. The van der Waals surface area contributed by atoms with Crippen LogP contribution in [0.1, 0.15) is 18.7 Å². The largest absolute Gasteiger partial charge is 0.368 e. The van der Waals surface area contributed by atoms with E-state index < -0.39 is 6.10 Å². The molecule has 0 radical (unpaired) electrons. The lowest BCUT2D eigenvalue weighted by Gasteiger charge is -2.12. The zero-order chi connectivity index (χ0) is 20.2. The van der Waals surface area contributed by atoms with E-state index in [0.717, 1.165) is 17.5 Å². The van der Waals surface area contributed by atoms with Crippen molar-refractivity contribution in [1.29, 1.82) is 0 Å². The second-order valence-corrected chi connectivity index (χ2v) is 6.88. The number of para-hydroxylation sites is 2. The normalized spacial score (nSPS) is 16.1. The van der Waals surface area contributed by atoms with Crippen LogP contribution in [0.25, 0.3) is 11.0 Å². The van der Waals surface area contributed by atoms with Crippen LogP contribution in [0, 0.1) is 5.82 Å². The van der Waals surface area contributed by atoms with Crippen molar-refractivity contribution in [2.45, 2.75) is 32.0 Å². The summed E-state index contributed by atoms with van der Waals surface area (Å²) in [6.07, 6.45) is 1.16. The summed E-state index contributed by atoms with van der Waals surface area (Å²) >= 11 is 0. The highest BCUT2D eigenvalue weighted by molar-refractivity contribution is 5.91. The lowest BCUT2D eigenvalue weighted by molar-refractivity contribution is -0.130. The number of rotatable bonds is 6. The van der Waals surface area contributed by atoms with Gasteiger partial charge in [0.1, 0.15) is 24.3 Å². The van der Waals surface area contributed by atoms with Gasteiger partial charge in [0.15, 0.2) is 0 Å². The number of carbonyl (C=O) groups excluding carboxylic acids is 2. The first-order valence-electron chi connectivity index (χ1n) is 9.49. The molecule has 3 aromatic rings. The van der Waals surface area contributed by atoms with E-state index in [1.54, 1.807) is 4.57 Å². The minimum atomic E-state index is -0.422. The number of aromatic nitrogens is 2. The molecule has 1 fully saturated rings. The molecule has 8 heteroatoms. The molecule has 2 N–H and O–H groups in total. The number of nitrogens with one attached hydrogen (secondary N) is 2. The highest BCUT2D eigenvalue weighted by Gasteiger charge is 2.24. The number of hydrogen-bond acceptors (Lipinski definition) is 4. The Morgan fingerprint density at radius 3 is 2.72 bits per heavy atom. The van der Waals surface area contributed by atoms with E-state index >= 15 is 0 Å². The number of nitrogens with zero attached hydrogens (tertiary/aromatic N) is 2. The van der Waals surface area contributed by atoms with Gasteiger partial charge in [0.25, 0.3) is 0 Å². The van der Waals surface area contributed by atoms with Crippen LogP contribution in [0.3, 0.4) is 0 Å². The quantitative estimate of drug-likeness (QED) is 0.671. The number of ether oxygens (including phenoxy) is 1. The second kappa shape index (κ2) is 8.40. The third-order valence-corrected chi connectivity index (χ3v) is 4.81. The lowest BCUT2D eigenvalue weighted by atomic mass is 10.2. The molecule has 0 saturated carbocycles. The van der Waals surface area contributed by atoms with E-state index in [9.17, 15) is 14.0 Å². The molecule has 150 valence electrons. The fourth-order valence-electron chi connectivity index (χ4n) is 3.38. The predicted octanol–water partition coefficient (Wildman–Crippen LogP) is 2.61. The maximum absolute atomic E-state index is 13.1. The van der Waals surface area contributed by atoms with Gasteiger partial charge in [-0.15, -0.1) is 0 Å². The molecule has 2 aromatic carbocycles. The highest BCUT2D eigenvalue weighted by atomic mass is 19.1. The Hall–Kier alpha value is -3.26. The van der Waals surface area contributed by atoms with Crippen molar-refractivity contribution >= 4 is 28.5 Å². The third kappa shape index (κ3) is 4.43. The maximum atomic E-state index is 13.1.